The first-order chi connectivity index (χ1) is 14.1. The number of carbonyl (C=O) groups excluding carboxylic acids is 1. The van der Waals surface area contributed by atoms with Crippen molar-refractivity contribution in [1.82, 2.24) is 0 Å². The zero-order chi connectivity index (χ0) is 20.6. The van der Waals surface area contributed by atoms with E-state index in [1.54, 1.807) is 42.5 Å². The Balaban J connectivity index is 1.80. The van der Waals surface area contributed by atoms with Gasteiger partial charge in [-0.15, -0.1) is 0 Å². The molecule has 0 unspecified atom stereocenters. The molecule has 1 N–H and O–H groups in total. The topological polar surface area (TPSA) is 74.6 Å². The molecule has 0 aliphatic carbocycles. The Kier molecular flexibility index (Phi) is 7.12. The zero-order valence-electron chi connectivity index (χ0n) is 16.2. The number of ether oxygens (including phenoxy) is 2. The number of halogens is 1. The lowest BCUT2D eigenvalue weighted by molar-refractivity contribution is -0.112. The van der Waals surface area contributed by atoms with Crippen LogP contribution in [0.4, 0.5) is 11.4 Å². The van der Waals surface area contributed by atoms with Gasteiger partial charge in [-0.2, -0.15) is 5.26 Å². The normalized spacial score (nSPS) is 14.2. The summed E-state index contributed by atoms with van der Waals surface area (Å²) in [5.41, 5.74) is 2.16. The number of benzene rings is 2. The van der Waals surface area contributed by atoms with E-state index in [4.69, 9.17) is 21.1 Å². The van der Waals surface area contributed by atoms with Crippen LogP contribution in [-0.4, -0.2) is 38.8 Å². The van der Waals surface area contributed by atoms with Crippen molar-refractivity contribution < 1.29 is 14.3 Å². The van der Waals surface area contributed by atoms with Crippen LogP contribution in [-0.2, 0) is 9.53 Å². The fraction of sp³-hybridized carbons (Fsp3) is 0.273. The predicted octanol–water partition coefficient (Wildman–Crippen LogP) is 4.12. The van der Waals surface area contributed by atoms with E-state index >= 15 is 0 Å². The first-order valence-corrected chi connectivity index (χ1v) is 9.76. The molecule has 1 amide bonds. The lowest BCUT2D eigenvalue weighted by Gasteiger charge is -2.30. The molecule has 7 heteroatoms. The van der Waals surface area contributed by atoms with Gasteiger partial charge in [-0.3, -0.25) is 4.79 Å². The summed E-state index contributed by atoms with van der Waals surface area (Å²) in [7, 11) is 0. The van der Waals surface area contributed by atoms with Crippen LogP contribution in [0.15, 0.2) is 48.0 Å². The van der Waals surface area contributed by atoms with Crippen LogP contribution in [0.3, 0.4) is 0 Å². The van der Waals surface area contributed by atoms with Crippen LogP contribution in [0.1, 0.15) is 12.5 Å². The first kappa shape index (κ1) is 20.7. The number of morpholine rings is 1. The number of amides is 1. The monoisotopic (exact) mass is 411 g/mol. The van der Waals surface area contributed by atoms with E-state index in [9.17, 15) is 10.1 Å². The molecule has 0 aromatic heterocycles. The van der Waals surface area contributed by atoms with Gasteiger partial charge in [-0.05, 0) is 48.9 Å². The van der Waals surface area contributed by atoms with Crippen LogP contribution in [0, 0.1) is 11.3 Å². The second-order valence-corrected chi connectivity index (χ2v) is 6.82. The van der Waals surface area contributed by atoms with E-state index < -0.39 is 5.91 Å². The number of hydrogen-bond donors (Lipinski definition) is 1. The van der Waals surface area contributed by atoms with Gasteiger partial charge in [0.2, 0.25) is 0 Å². The number of carbonyl (C=O) groups is 1. The molecule has 0 saturated carbocycles. The maximum Gasteiger partial charge on any atom is 0.266 e. The van der Waals surface area contributed by atoms with Gasteiger partial charge in [0.1, 0.15) is 17.4 Å². The molecular formula is C22H22ClN3O3. The third kappa shape index (κ3) is 5.50. The molecule has 1 aliphatic heterocycles. The highest BCUT2D eigenvalue weighted by atomic mass is 35.5. The van der Waals surface area contributed by atoms with Gasteiger partial charge in [-0.25, -0.2) is 0 Å². The summed E-state index contributed by atoms with van der Waals surface area (Å²) < 4.78 is 10.8. The molecule has 1 fully saturated rings. The largest absolute Gasteiger partial charge is 0.494 e. The summed E-state index contributed by atoms with van der Waals surface area (Å²) in [6, 6.07) is 14.5. The number of nitriles is 1. The second-order valence-electron chi connectivity index (χ2n) is 6.39. The van der Waals surface area contributed by atoms with Crippen molar-refractivity contribution in [3.63, 3.8) is 0 Å². The quantitative estimate of drug-likeness (QED) is 0.571. The molecule has 150 valence electrons. The van der Waals surface area contributed by atoms with Crippen LogP contribution >= 0.6 is 11.6 Å². The van der Waals surface area contributed by atoms with E-state index in [1.807, 2.05) is 19.1 Å². The molecule has 6 nitrogen and oxygen atoms in total. The van der Waals surface area contributed by atoms with Crippen LogP contribution < -0.4 is 15.0 Å². The highest BCUT2D eigenvalue weighted by Gasteiger charge is 2.18. The first-order valence-electron chi connectivity index (χ1n) is 9.39. The Morgan fingerprint density at radius 3 is 2.66 bits per heavy atom. The van der Waals surface area contributed by atoms with Crippen molar-refractivity contribution in [2.24, 2.45) is 0 Å². The molecule has 1 heterocycles. The Morgan fingerprint density at radius 1 is 1.28 bits per heavy atom. The average Bonchev–Trinajstić information content (AvgIpc) is 2.74. The van der Waals surface area contributed by atoms with E-state index in [-0.39, 0.29) is 5.57 Å². The lowest BCUT2D eigenvalue weighted by Crippen LogP contribution is -2.36. The Bertz CT molecular complexity index is 929. The molecule has 29 heavy (non-hydrogen) atoms. The summed E-state index contributed by atoms with van der Waals surface area (Å²) >= 11 is 6.14. The SMILES string of the molecule is CCOc1ccc(/C=C(\C#N)C(=O)Nc2cc(Cl)ccc2N2CCOCC2)cc1. The zero-order valence-corrected chi connectivity index (χ0v) is 16.9. The highest BCUT2D eigenvalue weighted by molar-refractivity contribution is 6.31. The van der Waals surface area contributed by atoms with E-state index in [1.165, 1.54) is 0 Å². The number of rotatable bonds is 6. The van der Waals surface area contributed by atoms with Gasteiger partial charge in [0.05, 0.1) is 31.2 Å². The highest BCUT2D eigenvalue weighted by Crippen LogP contribution is 2.30. The lowest BCUT2D eigenvalue weighted by atomic mass is 10.1. The number of nitrogens with one attached hydrogen (secondary N) is 1. The summed E-state index contributed by atoms with van der Waals surface area (Å²) in [5.74, 6) is 0.250. The molecule has 2 aromatic carbocycles. The molecule has 3 rings (SSSR count). The van der Waals surface area contributed by atoms with Gasteiger partial charge in [0.25, 0.3) is 5.91 Å². The minimum absolute atomic E-state index is 0.00191. The summed E-state index contributed by atoms with van der Waals surface area (Å²) in [5, 5.41) is 12.8. The fourth-order valence-corrected chi connectivity index (χ4v) is 3.19. The average molecular weight is 412 g/mol. The maximum atomic E-state index is 12.8. The van der Waals surface area contributed by atoms with Crippen molar-refractivity contribution in [2.75, 3.05) is 43.1 Å². The smallest absolute Gasteiger partial charge is 0.266 e. The third-order valence-electron chi connectivity index (χ3n) is 4.43. The minimum Gasteiger partial charge on any atom is -0.494 e. The van der Waals surface area contributed by atoms with Crippen molar-refractivity contribution in [3.05, 3.63) is 58.6 Å². The molecule has 0 spiro atoms. The Labute approximate surface area is 175 Å². The molecule has 1 saturated heterocycles. The van der Waals surface area contributed by atoms with Crippen molar-refractivity contribution >= 4 is 35.0 Å². The van der Waals surface area contributed by atoms with E-state index in [2.05, 4.69) is 10.2 Å². The third-order valence-corrected chi connectivity index (χ3v) is 4.66. The van der Waals surface area contributed by atoms with Gasteiger partial charge in [-0.1, -0.05) is 23.7 Å². The van der Waals surface area contributed by atoms with Crippen molar-refractivity contribution in [3.8, 4) is 11.8 Å². The molecule has 0 atom stereocenters. The molecule has 2 aromatic rings. The van der Waals surface area contributed by atoms with Gasteiger partial charge in [0, 0.05) is 18.1 Å². The van der Waals surface area contributed by atoms with Gasteiger partial charge in [0.15, 0.2) is 0 Å². The van der Waals surface area contributed by atoms with Crippen LogP contribution in [0.5, 0.6) is 5.75 Å². The summed E-state index contributed by atoms with van der Waals surface area (Å²) in [6.45, 7) is 5.17. The van der Waals surface area contributed by atoms with Gasteiger partial charge >= 0.3 is 0 Å². The Morgan fingerprint density at radius 2 is 2.00 bits per heavy atom. The minimum atomic E-state index is -0.488. The van der Waals surface area contributed by atoms with E-state index in [0.29, 0.717) is 30.5 Å². The summed E-state index contributed by atoms with van der Waals surface area (Å²) in [4.78, 5) is 14.9. The standard InChI is InChI=1S/C22H22ClN3O3/c1-2-29-19-6-3-16(4-7-19)13-17(15-24)22(27)25-20-14-18(23)5-8-21(20)26-9-11-28-12-10-26/h3-8,13-14H,2,9-12H2,1H3,(H,25,27)/b17-13+. The number of nitrogens with zero attached hydrogens (tertiary/aromatic N) is 2. The van der Waals surface area contributed by atoms with Crippen LogP contribution in [0.25, 0.3) is 6.08 Å². The molecule has 1 aliphatic rings. The second kappa shape index (κ2) is 9.97. The maximum absolute atomic E-state index is 12.8. The van der Waals surface area contributed by atoms with Crippen LogP contribution in [0.2, 0.25) is 5.02 Å². The number of hydrogen-bond acceptors (Lipinski definition) is 5. The van der Waals surface area contributed by atoms with Crippen molar-refractivity contribution in [1.29, 1.82) is 5.26 Å². The van der Waals surface area contributed by atoms with E-state index in [0.717, 1.165) is 30.1 Å². The van der Waals surface area contributed by atoms with Gasteiger partial charge < -0.3 is 19.7 Å². The van der Waals surface area contributed by atoms with Crippen molar-refractivity contribution in [2.45, 2.75) is 6.92 Å². The Hall–Kier alpha value is -3.01. The number of anilines is 2. The predicted molar refractivity (Wildman–Crippen MR) is 114 cm³/mol. The summed E-state index contributed by atoms with van der Waals surface area (Å²) in [6.07, 6.45) is 1.55. The fourth-order valence-electron chi connectivity index (χ4n) is 3.02. The molecule has 0 bridgehead atoms. The molecular weight excluding hydrogens is 390 g/mol. The molecule has 0 radical (unpaired) electrons.